The van der Waals surface area contributed by atoms with Gasteiger partial charge in [0, 0.05) is 17.9 Å². The van der Waals surface area contributed by atoms with Crippen LogP contribution in [0.5, 0.6) is 5.75 Å². The highest BCUT2D eigenvalue weighted by Crippen LogP contribution is 2.36. The number of benzene rings is 2. The molecule has 0 aromatic heterocycles. The van der Waals surface area contributed by atoms with Gasteiger partial charge in [0.25, 0.3) is 10.0 Å². The molecule has 2 aromatic rings. The first-order chi connectivity index (χ1) is 13.5. The normalized spacial score (nSPS) is 17.1. The molecule has 158 valence electrons. The quantitative estimate of drug-likeness (QED) is 0.744. The van der Waals surface area contributed by atoms with Crippen LogP contribution in [0.3, 0.4) is 0 Å². The molecule has 3 rings (SSSR count). The number of nitrogens with zero attached hydrogens (tertiary/aromatic N) is 1. The SMILES string of the molecule is COc1ccc(NS(=O)(=O)c2ccc(S(C)(=O)=O)cc2)c2c1CC(N(C)C)CC2. The predicted molar refractivity (Wildman–Crippen MR) is 113 cm³/mol. The van der Waals surface area contributed by atoms with Crippen LogP contribution in [0.25, 0.3) is 0 Å². The fourth-order valence-corrected chi connectivity index (χ4v) is 5.35. The molecule has 1 unspecified atom stereocenters. The van der Waals surface area contributed by atoms with Crippen LogP contribution < -0.4 is 9.46 Å². The molecule has 0 amide bonds. The van der Waals surface area contributed by atoms with E-state index in [2.05, 4.69) is 9.62 Å². The Bertz CT molecular complexity index is 1110. The minimum atomic E-state index is -3.85. The molecular formula is C20H26N2O5S2. The number of fused-ring (bicyclic) bond motifs is 1. The molecule has 9 heteroatoms. The van der Waals surface area contributed by atoms with Gasteiger partial charge in [-0.25, -0.2) is 16.8 Å². The summed E-state index contributed by atoms with van der Waals surface area (Å²) >= 11 is 0. The van der Waals surface area contributed by atoms with Gasteiger partial charge in [-0.3, -0.25) is 4.72 Å². The van der Waals surface area contributed by atoms with E-state index in [-0.39, 0.29) is 9.79 Å². The Kier molecular flexibility index (Phi) is 5.93. The van der Waals surface area contributed by atoms with Crippen LogP contribution in [-0.2, 0) is 32.7 Å². The summed E-state index contributed by atoms with van der Waals surface area (Å²) in [5.41, 5.74) is 2.49. The van der Waals surface area contributed by atoms with Crippen molar-refractivity contribution in [2.75, 3.05) is 32.2 Å². The Morgan fingerprint density at radius 3 is 2.14 bits per heavy atom. The zero-order valence-electron chi connectivity index (χ0n) is 17.0. The molecule has 1 aliphatic carbocycles. The van der Waals surface area contributed by atoms with Crippen LogP contribution in [0.2, 0.25) is 0 Å². The van der Waals surface area contributed by atoms with Gasteiger partial charge in [-0.2, -0.15) is 0 Å². The van der Waals surface area contributed by atoms with Crippen molar-refractivity contribution in [2.24, 2.45) is 0 Å². The molecule has 0 fully saturated rings. The minimum Gasteiger partial charge on any atom is -0.496 e. The molecule has 0 radical (unpaired) electrons. The maximum Gasteiger partial charge on any atom is 0.261 e. The van der Waals surface area contributed by atoms with E-state index in [4.69, 9.17) is 4.74 Å². The van der Waals surface area contributed by atoms with Crippen molar-refractivity contribution in [1.29, 1.82) is 0 Å². The van der Waals surface area contributed by atoms with Gasteiger partial charge in [0.15, 0.2) is 9.84 Å². The predicted octanol–water partition coefficient (Wildman–Crippen LogP) is 2.32. The van der Waals surface area contributed by atoms with Gasteiger partial charge < -0.3 is 9.64 Å². The van der Waals surface area contributed by atoms with Crippen molar-refractivity contribution >= 4 is 25.5 Å². The minimum absolute atomic E-state index is 0.0106. The van der Waals surface area contributed by atoms with Crippen LogP contribution in [0.15, 0.2) is 46.2 Å². The largest absolute Gasteiger partial charge is 0.496 e. The Hall–Kier alpha value is -2.10. The first-order valence-electron chi connectivity index (χ1n) is 9.21. The number of methoxy groups -OCH3 is 1. The second-order valence-electron chi connectivity index (χ2n) is 7.48. The number of anilines is 1. The number of likely N-dealkylation sites (N-methyl/N-ethyl adjacent to an activating group) is 1. The summed E-state index contributed by atoms with van der Waals surface area (Å²) in [5, 5.41) is 0. The van der Waals surface area contributed by atoms with Gasteiger partial charge in [0.1, 0.15) is 5.75 Å². The summed E-state index contributed by atoms with van der Waals surface area (Å²) in [5.74, 6) is 0.756. The summed E-state index contributed by atoms with van der Waals surface area (Å²) in [6.07, 6.45) is 3.52. The Morgan fingerprint density at radius 1 is 0.966 bits per heavy atom. The zero-order valence-corrected chi connectivity index (χ0v) is 18.6. The molecule has 0 spiro atoms. The number of hydrogen-bond acceptors (Lipinski definition) is 6. The van der Waals surface area contributed by atoms with Crippen molar-refractivity contribution in [3.05, 3.63) is 47.5 Å². The molecular weight excluding hydrogens is 412 g/mol. The van der Waals surface area contributed by atoms with E-state index < -0.39 is 19.9 Å². The van der Waals surface area contributed by atoms with Crippen molar-refractivity contribution in [3.63, 3.8) is 0 Å². The molecule has 0 saturated heterocycles. The van der Waals surface area contributed by atoms with E-state index >= 15 is 0 Å². The third-order valence-corrected chi connectivity index (χ3v) is 7.82. The lowest BCUT2D eigenvalue weighted by atomic mass is 9.86. The van der Waals surface area contributed by atoms with E-state index in [1.807, 2.05) is 14.1 Å². The van der Waals surface area contributed by atoms with E-state index in [0.717, 1.165) is 42.4 Å². The molecule has 0 bridgehead atoms. The third kappa shape index (κ3) is 4.57. The highest BCUT2D eigenvalue weighted by molar-refractivity contribution is 7.92. The van der Waals surface area contributed by atoms with E-state index in [1.54, 1.807) is 19.2 Å². The van der Waals surface area contributed by atoms with E-state index in [0.29, 0.717) is 11.7 Å². The highest BCUT2D eigenvalue weighted by atomic mass is 32.2. The van der Waals surface area contributed by atoms with Crippen molar-refractivity contribution in [1.82, 2.24) is 4.90 Å². The van der Waals surface area contributed by atoms with Crippen LogP contribution >= 0.6 is 0 Å². The number of sulfone groups is 1. The molecule has 2 aromatic carbocycles. The lowest BCUT2D eigenvalue weighted by molar-refractivity contribution is 0.265. The summed E-state index contributed by atoms with van der Waals surface area (Å²) < 4.78 is 57.1. The third-order valence-electron chi connectivity index (χ3n) is 5.31. The lowest BCUT2D eigenvalue weighted by Crippen LogP contribution is -2.34. The molecule has 1 atom stereocenters. The number of hydrogen-bond donors (Lipinski definition) is 1. The second-order valence-corrected chi connectivity index (χ2v) is 11.2. The molecule has 1 aliphatic rings. The van der Waals surface area contributed by atoms with Crippen LogP contribution in [-0.4, -0.2) is 55.2 Å². The summed E-state index contributed by atoms with van der Waals surface area (Å²) in [6.45, 7) is 0. The Balaban J connectivity index is 1.95. The van der Waals surface area contributed by atoms with Crippen LogP contribution in [0.4, 0.5) is 5.69 Å². The topological polar surface area (TPSA) is 92.8 Å². The average molecular weight is 439 g/mol. The van der Waals surface area contributed by atoms with Gasteiger partial charge in [0.2, 0.25) is 0 Å². The van der Waals surface area contributed by atoms with Crippen molar-refractivity contribution in [3.8, 4) is 5.75 Å². The van der Waals surface area contributed by atoms with Crippen LogP contribution in [0.1, 0.15) is 17.5 Å². The number of nitrogens with one attached hydrogen (secondary N) is 1. The molecule has 0 heterocycles. The summed E-state index contributed by atoms with van der Waals surface area (Å²) in [7, 11) is -1.56. The van der Waals surface area contributed by atoms with Gasteiger partial charge in [0.05, 0.1) is 22.6 Å². The maximum atomic E-state index is 12.9. The fraction of sp³-hybridized carbons (Fsp3) is 0.400. The second kappa shape index (κ2) is 7.97. The van der Waals surface area contributed by atoms with Gasteiger partial charge in [-0.05, 0) is 75.3 Å². The first-order valence-corrected chi connectivity index (χ1v) is 12.6. The maximum absolute atomic E-state index is 12.9. The number of rotatable bonds is 6. The average Bonchev–Trinajstić information content (AvgIpc) is 2.67. The van der Waals surface area contributed by atoms with Gasteiger partial charge in [-0.1, -0.05) is 0 Å². The first kappa shape index (κ1) is 21.6. The van der Waals surface area contributed by atoms with Crippen molar-refractivity contribution < 1.29 is 21.6 Å². The van der Waals surface area contributed by atoms with Gasteiger partial charge in [-0.15, -0.1) is 0 Å². The molecule has 29 heavy (non-hydrogen) atoms. The Labute approximate surface area is 172 Å². The van der Waals surface area contributed by atoms with E-state index in [9.17, 15) is 16.8 Å². The van der Waals surface area contributed by atoms with Crippen molar-refractivity contribution in [2.45, 2.75) is 35.1 Å². The molecule has 1 N–H and O–H groups in total. The van der Waals surface area contributed by atoms with Gasteiger partial charge >= 0.3 is 0 Å². The standard InChI is InChI=1S/C20H26N2O5S2/c1-22(2)14-5-10-17-18(13-14)20(27-3)12-11-19(17)21-29(25,26)16-8-6-15(7-9-16)28(4,23)24/h6-9,11-12,14,21H,5,10,13H2,1-4H3. The zero-order chi connectivity index (χ0) is 21.4. The van der Waals surface area contributed by atoms with Crippen LogP contribution in [0, 0.1) is 0 Å². The lowest BCUT2D eigenvalue weighted by Gasteiger charge is -2.32. The summed E-state index contributed by atoms with van der Waals surface area (Å²) in [6, 6.07) is 9.07. The summed E-state index contributed by atoms with van der Waals surface area (Å²) in [4.78, 5) is 2.26. The molecule has 0 saturated carbocycles. The fourth-order valence-electron chi connectivity index (χ4n) is 3.63. The molecule has 7 nitrogen and oxygen atoms in total. The number of ether oxygens (including phenoxy) is 1. The Morgan fingerprint density at radius 2 is 1.59 bits per heavy atom. The number of sulfonamides is 1. The smallest absolute Gasteiger partial charge is 0.261 e. The molecule has 0 aliphatic heterocycles. The monoisotopic (exact) mass is 438 g/mol. The van der Waals surface area contributed by atoms with E-state index in [1.165, 1.54) is 24.3 Å². The highest BCUT2D eigenvalue weighted by Gasteiger charge is 2.27.